The van der Waals surface area contributed by atoms with Gasteiger partial charge in [-0.15, -0.1) is 0 Å². The minimum Gasteiger partial charge on any atom is -0.478 e. The van der Waals surface area contributed by atoms with E-state index in [1.807, 2.05) is 0 Å². The number of hydrogen-bond donors (Lipinski definition) is 4. The first-order valence-electron chi connectivity index (χ1n) is 5.00. The predicted molar refractivity (Wildman–Crippen MR) is 58.3 cm³/mol. The van der Waals surface area contributed by atoms with Crippen molar-refractivity contribution in [3.63, 3.8) is 0 Å². The van der Waals surface area contributed by atoms with Crippen LogP contribution in [0.4, 0.5) is 4.39 Å². The summed E-state index contributed by atoms with van der Waals surface area (Å²) in [4.78, 5) is 10.9. The molecule has 1 aromatic rings. The summed E-state index contributed by atoms with van der Waals surface area (Å²) >= 11 is 0. The van der Waals surface area contributed by atoms with Gasteiger partial charge in [0.2, 0.25) is 0 Å². The van der Waals surface area contributed by atoms with Gasteiger partial charge in [0.15, 0.2) is 0 Å². The first-order valence-corrected chi connectivity index (χ1v) is 5.00. The lowest BCUT2D eigenvalue weighted by Gasteiger charge is -2.19. The zero-order chi connectivity index (χ0) is 13.0. The molecular weight excluding hydrogens is 229 g/mol. The minimum atomic E-state index is -1.38. The molecule has 17 heavy (non-hydrogen) atoms. The summed E-state index contributed by atoms with van der Waals surface area (Å²) in [5.41, 5.74) is -0.366. The fraction of sp³-hybridized carbons (Fsp3) is 0.364. The maximum absolute atomic E-state index is 12.9. The number of carbonyl (C=O) groups is 1. The molecule has 1 rings (SSSR count). The average Bonchev–Trinajstić information content (AvgIpc) is 2.28. The third-order valence-corrected chi connectivity index (χ3v) is 2.34. The van der Waals surface area contributed by atoms with Crippen molar-refractivity contribution in [1.29, 1.82) is 0 Å². The Kier molecular flexibility index (Phi) is 4.56. The molecule has 5 nitrogen and oxygen atoms in total. The van der Waals surface area contributed by atoms with Crippen LogP contribution in [0.15, 0.2) is 18.2 Å². The molecule has 0 aliphatic carbocycles. The average molecular weight is 243 g/mol. The Balaban J connectivity index is 3.08. The SMILES string of the molecule is CNCC(O)C(O)c1ccc(F)cc1C(=O)O. The largest absolute Gasteiger partial charge is 0.478 e. The molecule has 0 aliphatic rings. The summed E-state index contributed by atoms with van der Waals surface area (Å²) in [5, 5.41) is 30.8. The van der Waals surface area contributed by atoms with Gasteiger partial charge < -0.3 is 20.6 Å². The molecule has 0 amide bonds. The molecule has 0 aromatic heterocycles. The number of aliphatic hydroxyl groups is 2. The fourth-order valence-electron chi connectivity index (χ4n) is 1.50. The van der Waals surface area contributed by atoms with E-state index in [2.05, 4.69) is 5.32 Å². The van der Waals surface area contributed by atoms with Crippen LogP contribution in [0.1, 0.15) is 22.0 Å². The molecule has 1 aromatic carbocycles. The van der Waals surface area contributed by atoms with Crippen LogP contribution in [0.25, 0.3) is 0 Å². The number of carboxylic acids is 1. The van der Waals surface area contributed by atoms with Crippen LogP contribution in [0, 0.1) is 5.82 Å². The smallest absolute Gasteiger partial charge is 0.336 e. The molecule has 0 fully saturated rings. The normalized spacial score (nSPS) is 14.4. The van der Waals surface area contributed by atoms with Gasteiger partial charge in [0.1, 0.15) is 11.9 Å². The number of aromatic carboxylic acids is 1. The van der Waals surface area contributed by atoms with Crippen molar-refractivity contribution in [2.24, 2.45) is 0 Å². The Morgan fingerprint density at radius 1 is 1.47 bits per heavy atom. The van der Waals surface area contributed by atoms with E-state index in [-0.39, 0.29) is 17.7 Å². The highest BCUT2D eigenvalue weighted by molar-refractivity contribution is 5.89. The van der Waals surface area contributed by atoms with Crippen molar-refractivity contribution in [3.8, 4) is 0 Å². The Morgan fingerprint density at radius 3 is 2.65 bits per heavy atom. The second-order valence-corrected chi connectivity index (χ2v) is 3.61. The number of likely N-dealkylation sites (N-methyl/N-ethyl adjacent to an activating group) is 1. The maximum Gasteiger partial charge on any atom is 0.336 e. The first-order chi connectivity index (χ1) is 7.97. The molecule has 0 bridgehead atoms. The molecule has 4 N–H and O–H groups in total. The van der Waals surface area contributed by atoms with Gasteiger partial charge in [-0.2, -0.15) is 0 Å². The topological polar surface area (TPSA) is 89.8 Å². The van der Waals surface area contributed by atoms with E-state index >= 15 is 0 Å². The molecule has 2 unspecified atom stereocenters. The van der Waals surface area contributed by atoms with Crippen molar-refractivity contribution in [2.75, 3.05) is 13.6 Å². The molecule has 0 saturated heterocycles. The highest BCUT2D eigenvalue weighted by Crippen LogP contribution is 2.22. The van der Waals surface area contributed by atoms with Gasteiger partial charge in [-0.3, -0.25) is 0 Å². The summed E-state index contributed by atoms with van der Waals surface area (Å²) in [6.07, 6.45) is -2.54. The van der Waals surface area contributed by atoms with Gasteiger partial charge >= 0.3 is 5.97 Å². The third kappa shape index (κ3) is 3.23. The van der Waals surface area contributed by atoms with Gasteiger partial charge in [-0.25, -0.2) is 9.18 Å². The van der Waals surface area contributed by atoms with Crippen LogP contribution < -0.4 is 5.32 Å². The lowest BCUT2D eigenvalue weighted by molar-refractivity contribution is 0.0191. The van der Waals surface area contributed by atoms with E-state index in [0.29, 0.717) is 0 Å². The van der Waals surface area contributed by atoms with E-state index in [4.69, 9.17) is 5.11 Å². The number of benzene rings is 1. The number of aliphatic hydroxyl groups excluding tert-OH is 2. The van der Waals surface area contributed by atoms with E-state index in [1.54, 1.807) is 7.05 Å². The molecule has 94 valence electrons. The number of rotatable bonds is 5. The van der Waals surface area contributed by atoms with Crippen LogP contribution in [0.3, 0.4) is 0 Å². The van der Waals surface area contributed by atoms with Crippen LogP contribution >= 0.6 is 0 Å². The maximum atomic E-state index is 12.9. The van der Waals surface area contributed by atoms with Gasteiger partial charge in [0.05, 0.1) is 11.7 Å². The number of nitrogens with one attached hydrogen (secondary N) is 1. The van der Waals surface area contributed by atoms with Gasteiger partial charge in [0, 0.05) is 6.54 Å². The third-order valence-electron chi connectivity index (χ3n) is 2.34. The summed E-state index contributed by atoms with van der Waals surface area (Å²) in [5.74, 6) is -2.06. The molecule has 2 atom stereocenters. The Labute approximate surface area is 97.5 Å². The monoisotopic (exact) mass is 243 g/mol. The van der Waals surface area contributed by atoms with Crippen molar-refractivity contribution < 1.29 is 24.5 Å². The van der Waals surface area contributed by atoms with E-state index in [9.17, 15) is 19.4 Å². The van der Waals surface area contributed by atoms with Crippen molar-refractivity contribution >= 4 is 5.97 Å². The number of hydrogen-bond acceptors (Lipinski definition) is 4. The first kappa shape index (κ1) is 13.6. The quantitative estimate of drug-likeness (QED) is 0.590. The fourth-order valence-corrected chi connectivity index (χ4v) is 1.50. The molecule has 6 heteroatoms. The molecule has 0 spiro atoms. The summed E-state index contributed by atoms with van der Waals surface area (Å²) < 4.78 is 12.9. The lowest BCUT2D eigenvalue weighted by atomic mass is 9.98. The van der Waals surface area contributed by atoms with Crippen LogP contribution in [-0.2, 0) is 0 Å². The molecular formula is C11H14FNO4. The van der Waals surface area contributed by atoms with Gasteiger partial charge in [0.25, 0.3) is 0 Å². The Hall–Kier alpha value is -1.50. The molecule has 0 heterocycles. The van der Waals surface area contributed by atoms with Crippen molar-refractivity contribution in [3.05, 3.63) is 35.1 Å². The van der Waals surface area contributed by atoms with Crippen molar-refractivity contribution in [1.82, 2.24) is 5.32 Å². The highest BCUT2D eigenvalue weighted by Gasteiger charge is 2.23. The molecule has 0 saturated carbocycles. The predicted octanol–water partition coefficient (Wildman–Crippen LogP) is 0.138. The number of carboxylic acid groups (broad SMARTS) is 1. The summed E-state index contributed by atoms with van der Waals surface area (Å²) in [6, 6.07) is 3.01. The zero-order valence-electron chi connectivity index (χ0n) is 9.22. The highest BCUT2D eigenvalue weighted by atomic mass is 19.1. The van der Waals surface area contributed by atoms with E-state index < -0.39 is 24.0 Å². The molecule has 0 radical (unpaired) electrons. The minimum absolute atomic E-state index is 0.0124. The molecule has 0 aliphatic heterocycles. The standard InChI is InChI=1S/C11H14FNO4/c1-13-5-9(14)10(15)7-3-2-6(12)4-8(7)11(16)17/h2-4,9-10,13-15H,5H2,1H3,(H,16,17). The Bertz CT molecular complexity index is 410. The second kappa shape index (κ2) is 5.72. The van der Waals surface area contributed by atoms with Gasteiger partial charge in [-0.1, -0.05) is 6.07 Å². The zero-order valence-corrected chi connectivity index (χ0v) is 9.22. The Morgan fingerprint density at radius 2 is 2.12 bits per heavy atom. The van der Waals surface area contributed by atoms with E-state index in [1.165, 1.54) is 0 Å². The van der Waals surface area contributed by atoms with Gasteiger partial charge in [-0.05, 0) is 24.7 Å². The van der Waals surface area contributed by atoms with Crippen LogP contribution in [-0.4, -0.2) is 41.0 Å². The van der Waals surface area contributed by atoms with Crippen LogP contribution in [0.2, 0.25) is 0 Å². The summed E-state index contributed by atoms with van der Waals surface area (Å²) in [6.45, 7) is 0.0948. The lowest BCUT2D eigenvalue weighted by Crippen LogP contribution is -2.30. The summed E-state index contributed by atoms with van der Waals surface area (Å²) in [7, 11) is 1.58. The van der Waals surface area contributed by atoms with E-state index in [0.717, 1.165) is 18.2 Å². The van der Waals surface area contributed by atoms with Crippen molar-refractivity contribution in [2.45, 2.75) is 12.2 Å². The van der Waals surface area contributed by atoms with Crippen LogP contribution in [0.5, 0.6) is 0 Å². The number of halogens is 1. The second-order valence-electron chi connectivity index (χ2n) is 3.61.